The molecule has 0 aromatic heterocycles. The Morgan fingerprint density at radius 1 is 1.21 bits per heavy atom. The number of carbonyl (C=O) groups excluding carboxylic acids is 2. The standard InChI is InChI=1S/C17H20F2N2O3/c1-20-16(24)21(15(23)17(20)7-3-2-4-8-17)10-14(22)12-9-11(18)5-6-13(12)19/h5-6,9,14,22H,2-4,7-8,10H2,1H3/t14-/m0/s1. The number of hydrogen-bond acceptors (Lipinski definition) is 3. The van der Waals surface area contributed by atoms with Gasteiger partial charge in [-0.05, 0) is 31.0 Å². The summed E-state index contributed by atoms with van der Waals surface area (Å²) in [4.78, 5) is 27.7. The molecule has 3 amide bonds. The van der Waals surface area contributed by atoms with Crippen molar-refractivity contribution < 1.29 is 23.5 Å². The molecule has 1 heterocycles. The first-order chi connectivity index (χ1) is 11.4. The molecular weight excluding hydrogens is 318 g/mol. The summed E-state index contributed by atoms with van der Waals surface area (Å²) in [5, 5.41) is 10.2. The summed E-state index contributed by atoms with van der Waals surface area (Å²) in [5.74, 6) is -1.82. The maximum Gasteiger partial charge on any atom is 0.327 e. The number of benzene rings is 1. The number of urea groups is 1. The van der Waals surface area contributed by atoms with Crippen molar-refractivity contribution >= 4 is 11.9 Å². The van der Waals surface area contributed by atoms with E-state index in [-0.39, 0.29) is 18.0 Å². The minimum Gasteiger partial charge on any atom is -0.386 e. The normalized spacial score (nSPS) is 21.7. The van der Waals surface area contributed by atoms with E-state index in [1.165, 1.54) is 4.90 Å². The van der Waals surface area contributed by atoms with Gasteiger partial charge in [-0.2, -0.15) is 0 Å². The summed E-state index contributed by atoms with van der Waals surface area (Å²) in [6.07, 6.45) is 2.45. The van der Waals surface area contributed by atoms with Crippen LogP contribution in [0.4, 0.5) is 13.6 Å². The van der Waals surface area contributed by atoms with E-state index < -0.39 is 29.3 Å². The third-order valence-corrected chi connectivity index (χ3v) is 5.16. The number of likely N-dealkylation sites (N-methyl/N-ethyl adjacent to an activating group) is 1. The number of hydrogen-bond donors (Lipinski definition) is 1. The second-order valence-corrected chi connectivity index (χ2v) is 6.53. The molecule has 130 valence electrons. The van der Waals surface area contributed by atoms with E-state index in [0.29, 0.717) is 12.8 Å². The average molecular weight is 338 g/mol. The SMILES string of the molecule is CN1C(=O)N(C[C@H](O)c2cc(F)ccc2F)C(=O)C12CCCCC2. The zero-order valence-electron chi connectivity index (χ0n) is 13.5. The van der Waals surface area contributed by atoms with Gasteiger partial charge in [0.2, 0.25) is 0 Å². The monoisotopic (exact) mass is 338 g/mol. The second kappa shape index (κ2) is 6.12. The largest absolute Gasteiger partial charge is 0.386 e. The first kappa shape index (κ1) is 16.8. The maximum absolute atomic E-state index is 13.8. The van der Waals surface area contributed by atoms with Crippen molar-refractivity contribution in [1.82, 2.24) is 9.80 Å². The van der Waals surface area contributed by atoms with E-state index in [9.17, 15) is 23.5 Å². The molecule has 1 saturated carbocycles. The van der Waals surface area contributed by atoms with Crippen molar-refractivity contribution in [3.8, 4) is 0 Å². The summed E-state index contributed by atoms with van der Waals surface area (Å²) in [5.41, 5.74) is -1.11. The number of aliphatic hydroxyl groups excluding tert-OH is 1. The van der Waals surface area contributed by atoms with Gasteiger partial charge in [0.25, 0.3) is 5.91 Å². The van der Waals surface area contributed by atoms with Crippen molar-refractivity contribution in [3.05, 3.63) is 35.4 Å². The number of β-amino-alcohol motifs (C(OH)–C–C–N with tert-alkyl or cyclic N) is 1. The quantitative estimate of drug-likeness (QED) is 0.862. The highest BCUT2D eigenvalue weighted by molar-refractivity contribution is 6.07. The summed E-state index contributed by atoms with van der Waals surface area (Å²) >= 11 is 0. The number of halogens is 2. The lowest BCUT2D eigenvalue weighted by Crippen LogP contribution is -2.49. The van der Waals surface area contributed by atoms with E-state index in [1.54, 1.807) is 7.05 Å². The molecule has 1 aromatic carbocycles. The van der Waals surface area contributed by atoms with Gasteiger partial charge < -0.3 is 10.0 Å². The predicted molar refractivity (Wildman–Crippen MR) is 82.0 cm³/mol. The smallest absolute Gasteiger partial charge is 0.327 e. The van der Waals surface area contributed by atoms with Crippen molar-refractivity contribution in [2.75, 3.05) is 13.6 Å². The van der Waals surface area contributed by atoms with Crippen LogP contribution in [0.15, 0.2) is 18.2 Å². The molecule has 1 spiro atoms. The molecule has 1 atom stereocenters. The Hall–Kier alpha value is -2.02. The maximum atomic E-state index is 13.8. The van der Waals surface area contributed by atoms with Crippen LogP contribution in [-0.4, -0.2) is 46.0 Å². The van der Waals surface area contributed by atoms with Crippen LogP contribution in [0.5, 0.6) is 0 Å². The van der Waals surface area contributed by atoms with Crippen LogP contribution in [-0.2, 0) is 4.79 Å². The lowest BCUT2D eigenvalue weighted by atomic mass is 9.80. The highest BCUT2D eigenvalue weighted by Gasteiger charge is 2.55. The van der Waals surface area contributed by atoms with Gasteiger partial charge in [0, 0.05) is 12.6 Å². The topological polar surface area (TPSA) is 60.9 Å². The second-order valence-electron chi connectivity index (χ2n) is 6.53. The minimum atomic E-state index is -1.47. The third-order valence-electron chi connectivity index (χ3n) is 5.16. The summed E-state index contributed by atoms with van der Waals surface area (Å²) in [6, 6.07) is 2.24. The zero-order valence-corrected chi connectivity index (χ0v) is 13.5. The molecule has 5 nitrogen and oxygen atoms in total. The molecule has 1 aliphatic carbocycles. The first-order valence-electron chi connectivity index (χ1n) is 8.09. The molecule has 7 heteroatoms. The molecule has 0 unspecified atom stereocenters. The fourth-order valence-electron chi connectivity index (χ4n) is 3.73. The third kappa shape index (κ3) is 2.56. The van der Waals surface area contributed by atoms with E-state index in [2.05, 4.69) is 0 Å². The summed E-state index contributed by atoms with van der Waals surface area (Å²) < 4.78 is 27.1. The number of imide groups is 1. The minimum absolute atomic E-state index is 0.261. The predicted octanol–water partition coefficient (Wildman–Crippen LogP) is 2.60. The molecule has 0 bridgehead atoms. The van der Waals surface area contributed by atoms with Gasteiger partial charge in [-0.3, -0.25) is 9.69 Å². The van der Waals surface area contributed by atoms with Crippen LogP contribution in [0.3, 0.4) is 0 Å². The number of aliphatic hydroxyl groups is 1. The Balaban J connectivity index is 1.83. The van der Waals surface area contributed by atoms with Crippen molar-refractivity contribution in [2.24, 2.45) is 0 Å². The Bertz CT molecular complexity index is 674. The number of amides is 3. The summed E-state index contributed by atoms with van der Waals surface area (Å²) in [7, 11) is 1.58. The van der Waals surface area contributed by atoms with Crippen LogP contribution in [0.25, 0.3) is 0 Å². The zero-order chi connectivity index (χ0) is 17.5. The Kier molecular flexibility index (Phi) is 4.29. The lowest BCUT2D eigenvalue weighted by molar-refractivity contribution is -0.135. The fourth-order valence-corrected chi connectivity index (χ4v) is 3.73. The van der Waals surface area contributed by atoms with E-state index >= 15 is 0 Å². The van der Waals surface area contributed by atoms with Crippen LogP contribution >= 0.6 is 0 Å². The molecule has 2 fully saturated rings. The Morgan fingerprint density at radius 3 is 2.54 bits per heavy atom. The van der Waals surface area contributed by atoms with Crippen molar-refractivity contribution in [2.45, 2.75) is 43.7 Å². The molecule has 2 aliphatic rings. The molecular formula is C17H20F2N2O3. The molecule has 1 saturated heterocycles. The molecule has 24 heavy (non-hydrogen) atoms. The fraction of sp³-hybridized carbons (Fsp3) is 0.529. The number of carbonyl (C=O) groups is 2. The van der Waals surface area contributed by atoms with Crippen LogP contribution in [0, 0.1) is 11.6 Å². The lowest BCUT2D eigenvalue weighted by Gasteiger charge is -2.35. The van der Waals surface area contributed by atoms with Gasteiger partial charge in [0.05, 0.1) is 6.54 Å². The summed E-state index contributed by atoms with van der Waals surface area (Å²) in [6.45, 7) is -0.385. The van der Waals surface area contributed by atoms with Crippen LogP contribution in [0.1, 0.15) is 43.8 Å². The molecule has 0 radical (unpaired) electrons. The van der Waals surface area contributed by atoms with Crippen LogP contribution < -0.4 is 0 Å². The first-order valence-corrected chi connectivity index (χ1v) is 8.09. The molecule has 1 N–H and O–H groups in total. The van der Waals surface area contributed by atoms with Crippen molar-refractivity contribution in [3.63, 3.8) is 0 Å². The Labute approximate surface area is 138 Å². The van der Waals surface area contributed by atoms with Gasteiger partial charge >= 0.3 is 6.03 Å². The Morgan fingerprint density at radius 2 is 1.88 bits per heavy atom. The number of rotatable bonds is 3. The number of nitrogens with zero attached hydrogens (tertiary/aromatic N) is 2. The van der Waals surface area contributed by atoms with Gasteiger partial charge in [-0.25, -0.2) is 13.6 Å². The van der Waals surface area contributed by atoms with Crippen LogP contribution in [0.2, 0.25) is 0 Å². The van der Waals surface area contributed by atoms with E-state index in [0.717, 1.165) is 42.4 Å². The van der Waals surface area contributed by atoms with Gasteiger partial charge in [0.15, 0.2) is 0 Å². The molecule has 3 rings (SSSR count). The average Bonchev–Trinajstić information content (AvgIpc) is 2.74. The highest BCUT2D eigenvalue weighted by atomic mass is 19.1. The van der Waals surface area contributed by atoms with E-state index in [4.69, 9.17) is 0 Å². The van der Waals surface area contributed by atoms with Gasteiger partial charge in [-0.1, -0.05) is 19.3 Å². The van der Waals surface area contributed by atoms with Crippen molar-refractivity contribution in [1.29, 1.82) is 0 Å². The van der Waals surface area contributed by atoms with Gasteiger partial charge in [-0.15, -0.1) is 0 Å². The molecule has 1 aromatic rings. The van der Waals surface area contributed by atoms with E-state index in [1.807, 2.05) is 0 Å². The highest BCUT2D eigenvalue weighted by Crippen LogP contribution is 2.40. The molecule has 1 aliphatic heterocycles. The van der Waals surface area contributed by atoms with Gasteiger partial charge in [0.1, 0.15) is 23.3 Å².